The van der Waals surface area contributed by atoms with Gasteiger partial charge in [-0.1, -0.05) is 84.4 Å². The number of fused-ring (bicyclic) bond motifs is 3. The summed E-state index contributed by atoms with van der Waals surface area (Å²) < 4.78 is 6.29. The zero-order valence-corrected chi connectivity index (χ0v) is 19.1. The third-order valence-electron chi connectivity index (χ3n) is 7.48. The molecule has 6 rings (SSSR count). The fourth-order valence-corrected chi connectivity index (χ4v) is 5.74. The molecule has 2 aliphatic heterocycles. The molecule has 2 heterocycles. The molecule has 3 aromatic rings. The third-order valence-corrected chi connectivity index (χ3v) is 7.48. The highest BCUT2D eigenvalue weighted by molar-refractivity contribution is 6.35. The Balaban J connectivity index is 1.44. The summed E-state index contributed by atoms with van der Waals surface area (Å²) in [6.07, 6.45) is -0.385. The summed E-state index contributed by atoms with van der Waals surface area (Å²) in [6, 6.07) is 23.5. The van der Waals surface area contributed by atoms with E-state index in [0.29, 0.717) is 12.0 Å². The maximum Gasteiger partial charge on any atom is 0.237 e. The van der Waals surface area contributed by atoms with Gasteiger partial charge in [0.1, 0.15) is 0 Å². The fourth-order valence-electron chi connectivity index (χ4n) is 5.74. The van der Waals surface area contributed by atoms with Gasteiger partial charge in [0.05, 0.1) is 17.9 Å². The molecule has 1 spiro atoms. The summed E-state index contributed by atoms with van der Waals surface area (Å²) in [4.78, 5) is 56.1. The Morgan fingerprint density at radius 1 is 0.771 bits per heavy atom. The lowest BCUT2D eigenvalue weighted by Gasteiger charge is -2.27. The molecule has 3 atom stereocenters. The van der Waals surface area contributed by atoms with Crippen molar-refractivity contribution in [2.45, 2.75) is 25.0 Å². The van der Waals surface area contributed by atoms with E-state index < -0.39 is 46.9 Å². The molecule has 35 heavy (non-hydrogen) atoms. The smallest absolute Gasteiger partial charge is 0.237 e. The quantitative estimate of drug-likeness (QED) is 0.433. The lowest BCUT2D eigenvalue weighted by molar-refractivity contribution is -0.144. The van der Waals surface area contributed by atoms with Crippen molar-refractivity contribution in [2.75, 3.05) is 6.54 Å². The molecule has 2 fully saturated rings. The molecule has 0 unspecified atom stereocenters. The van der Waals surface area contributed by atoms with Crippen LogP contribution in [0.25, 0.3) is 0 Å². The van der Waals surface area contributed by atoms with Crippen molar-refractivity contribution in [1.29, 1.82) is 0 Å². The van der Waals surface area contributed by atoms with Crippen LogP contribution in [0.5, 0.6) is 0 Å². The van der Waals surface area contributed by atoms with Crippen molar-refractivity contribution >= 4 is 23.4 Å². The molecule has 1 aliphatic carbocycles. The van der Waals surface area contributed by atoms with Crippen molar-refractivity contribution in [3.63, 3.8) is 0 Å². The number of nitrogens with zero attached hydrogens (tertiary/aromatic N) is 1. The molecule has 2 amide bonds. The highest BCUT2D eigenvalue weighted by Crippen LogP contribution is 2.57. The zero-order valence-electron chi connectivity index (χ0n) is 19.1. The summed E-state index contributed by atoms with van der Waals surface area (Å²) >= 11 is 0. The van der Waals surface area contributed by atoms with Crippen LogP contribution in [0, 0.1) is 18.8 Å². The predicted molar refractivity (Wildman–Crippen MR) is 127 cm³/mol. The molecular weight excluding hydrogens is 442 g/mol. The van der Waals surface area contributed by atoms with Crippen LogP contribution >= 0.6 is 0 Å². The maximum atomic E-state index is 13.8. The van der Waals surface area contributed by atoms with Crippen LogP contribution in [0.4, 0.5) is 0 Å². The van der Waals surface area contributed by atoms with E-state index in [9.17, 15) is 19.2 Å². The van der Waals surface area contributed by atoms with Crippen molar-refractivity contribution in [3.8, 4) is 0 Å². The Morgan fingerprint density at radius 3 is 2.00 bits per heavy atom. The fraction of sp³-hybridized carbons (Fsp3) is 0.241. The Labute approximate surface area is 202 Å². The molecule has 6 heteroatoms. The molecule has 0 saturated carbocycles. The average molecular weight is 466 g/mol. The third kappa shape index (κ3) is 2.99. The predicted octanol–water partition coefficient (Wildman–Crippen LogP) is 3.73. The number of ketones is 2. The monoisotopic (exact) mass is 465 g/mol. The lowest BCUT2D eigenvalue weighted by Crippen LogP contribution is -2.51. The van der Waals surface area contributed by atoms with Crippen LogP contribution < -0.4 is 0 Å². The Hall–Kier alpha value is -3.90. The Bertz CT molecular complexity index is 1340. The van der Waals surface area contributed by atoms with Crippen LogP contribution in [0.1, 0.15) is 43.5 Å². The minimum absolute atomic E-state index is 0.181. The number of imide groups is 1. The second-order valence-electron chi connectivity index (χ2n) is 9.46. The lowest BCUT2D eigenvalue weighted by atomic mass is 9.77. The topological polar surface area (TPSA) is 80.8 Å². The molecule has 3 aliphatic rings. The van der Waals surface area contributed by atoms with Gasteiger partial charge in [-0.2, -0.15) is 0 Å². The summed E-state index contributed by atoms with van der Waals surface area (Å²) in [6.45, 7) is 2.13. The number of Topliss-reactive ketones (excluding diaryl/α,β-unsaturated/α-hetero) is 2. The van der Waals surface area contributed by atoms with Gasteiger partial charge in [-0.15, -0.1) is 0 Å². The zero-order chi connectivity index (χ0) is 24.3. The highest BCUT2D eigenvalue weighted by atomic mass is 16.5. The number of rotatable bonds is 4. The first-order chi connectivity index (χ1) is 16.9. The number of carbonyl (C=O) groups is 4. The van der Waals surface area contributed by atoms with Crippen molar-refractivity contribution in [2.24, 2.45) is 11.8 Å². The Morgan fingerprint density at radius 2 is 1.37 bits per heavy atom. The number of ether oxygens (including phenoxy) is 1. The molecule has 0 aromatic heterocycles. The summed E-state index contributed by atoms with van der Waals surface area (Å²) in [5.41, 5.74) is 1.15. The Kier molecular flexibility index (Phi) is 4.83. The molecule has 174 valence electrons. The summed E-state index contributed by atoms with van der Waals surface area (Å²) in [7, 11) is 0. The van der Waals surface area contributed by atoms with Crippen molar-refractivity contribution in [1.82, 2.24) is 4.90 Å². The summed E-state index contributed by atoms with van der Waals surface area (Å²) in [5, 5.41) is 0. The molecule has 2 saturated heterocycles. The molecule has 0 bridgehead atoms. The second kappa shape index (κ2) is 7.82. The van der Waals surface area contributed by atoms with Crippen LogP contribution in [0.3, 0.4) is 0 Å². The van der Waals surface area contributed by atoms with Gasteiger partial charge in [0, 0.05) is 17.7 Å². The van der Waals surface area contributed by atoms with Gasteiger partial charge in [0.25, 0.3) is 0 Å². The normalized spacial score (nSPS) is 24.4. The first-order valence-corrected chi connectivity index (χ1v) is 11.8. The minimum atomic E-state index is -2.02. The van der Waals surface area contributed by atoms with Crippen molar-refractivity contribution in [3.05, 3.63) is 107 Å². The van der Waals surface area contributed by atoms with E-state index in [-0.39, 0.29) is 17.7 Å². The number of amides is 2. The first-order valence-electron chi connectivity index (χ1n) is 11.8. The highest BCUT2D eigenvalue weighted by Gasteiger charge is 2.74. The SMILES string of the molecule is Cc1ccc([C@@H]2OC3(C(=O)c4ccccc4C3=O)[C@H]3C(=O)N(CCc4ccccc4)C(=O)[C@@H]23)cc1. The van der Waals surface area contributed by atoms with Gasteiger partial charge in [-0.3, -0.25) is 24.1 Å². The number of likely N-dealkylation sites (tertiary alicyclic amines) is 1. The van der Waals surface area contributed by atoms with Gasteiger partial charge in [-0.25, -0.2) is 0 Å². The van der Waals surface area contributed by atoms with Crippen LogP contribution in [0.2, 0.25) is 0 Å². The molecule has 3 aromatic carbocycles. The van der Waals surface area contributed by atoms with Gasteiger partial charge in [-0.05, 0) is 24.5 Å². The van der Waals surface area contributed by atoms with Crippen LogP contribution in [-0.2, 0) is 20.7 Å². The molecule has 6 nitrogen and oxygen atoms in total. The van der Waals surface area contributed by atoms with Crippen molar-refractivity contribution < 1.29 is 23.9 Å². The molecule has 0 radical (unpaired) electrons. The van der Waals surface area contributed by atoms with Gasteiger partial charge < -0.3 is 4.74 Å². The van der Waals surface area contributed by atoms with E-state index in [2.05, 4.69) is 0 Å². The molecule has 0 N–H and O–H groups in total. The van der Waals surface area contributed by atoms with E-state index in [0.717, 1.165) is 11.1 Å². The first kappa shape index (κ1) is 21.6. The van der Waals surface area contributed by atoms with Gasteiger partial charge in [0.15, 0.2) is 0 Å². The largest absolute Gasteiger partial charge is 0.349 e. The van der Waals surface area contributed by atoms with Gasteiger partial charge >= 0.3 is 0 Å². The van der Waals surface area contributed by atoms with Crippen LogP contribution in [-0.4, -0.2) is 40.4 Å². The van der Waals surface area contributed by atoms with Crippen LogP contribution in [0.15, 0.2) is 78.9 Å². The van der Waals surface area contributed by atoms with E-state index >= 15 is 0 Å². The average Bonchev–Trinajstić information content (AvgIpc) is 3.44. The number of carbonyl (C=O) groups excluding carboxylic acids is 4. The van der Waals surface area contributed by atoms with E-state index in [1.807, 2.05) is 61.5 Å². The maximum absolute atomic E-state index is 13.8. The second-order valence-corrected chi connectivity index (χ2v) is 9.46. The standard InChI is InChI=1S/C29H23NO5/c1-17-11-13-19(14-12-17)24-22-23(28(34)30(27(22)33)16-15-18-7-3-2-4-8-18)29(35-24)25(31)20-9-5-6-10-21(20)26(29)32/h2-14,22-24H,15-16H2,1H3/t22-,23-,24+/m1/s1. The summed E-state index contributed by atoms with van der Waals surface area (Å²) in [5.74, 6) is -4.11. The van der Waals surface area contributed by atoms with E-state index in [1.54, 1.807) is 24.3 Å². The minimum Gasteiger partial charge on any atom is -0.349 e. The number of hydrogen-bond acceptors (Lipinski definition) is 5. The van der Waals surface area contributed by atoms with E-state index in [4.69, 9.17) is 4.74 Å². The number of aryl methyl sites for hydroxylation is 1. The molecular formula is C29H23NO5. The van der Waals surface area contributed by atoms with Gasteiger partial charge in [0.2, 0.25) is 29.0 Å². The number of hydrogen-bond donors (Lipinski definition) is 0. The number of benzene rings is 3. The van der Waals surface area contributed by atoms with E-state index in [1.165, 1.54) is 4.90 Å².